The minimum atomic E-state index is -0.301. The third-order valence-corrected chi connectivity index (χ3v) is 6.97. The highest BCUT2D eigenvalue weighted by atomic mass is 16.5. The second-order valence-corrected chi connectivity index (χ2v) is 8.62. The Balaban J connectivity index is 1.87. The first-order valence-corrected chi connectivity index (χ1v) is 11.3. The van der Waals surface area contributed by atoms with Gasteiger partial charge in [-0.25, -0.2) is 9.36 Å². The van der Waals surface area contributed by atoms with E-state index < -0.39 is 0 Å². The van der Waals surface area contributed by atoms with Gasteiger partial charge in [0.15, 0.2) is 0 Å². The summed E-state index contributed by atoms with van der Waals surface area (Å²) in [6, 6.07) is 27.5. The van der Waals surface area contributed by atoms with Crippen LogP contribution in [0.2, 0.25) is 0 Å². The predicted molar refractivity (Wildman–Crippen MR) is 133 cm³/mol. The van der Waals surface area contributed by atoms with Crippen molar-refractivity contribution in [3.63, 3.8) is 0 Å². The van der Waals surface area contributed by atoms with Gasteiger partial charge in [0, 0.05) is 16.8 Å². The molecule has 0 fully saturated rings. The Kier molecular flexibility index (Phi) is 3.58. The van der Waals surface area contributed by atoms with E-state index in [1.165, 1.54) is 10.8 Å². The first kappa shape index (κ1) is 18.4. The van der Waals surface area contributed by atoms with Gasteiger partial charge in [-0.05, 0) is 46.0 Å². The summed E-state index contributed by atoms with van der Waals surface area (Å²) in [5.41, 5.74) is 3.67. The van der Waals surface area contributed by atoms with Gasteiger partial charge in [0.1, 0.15) is 11.0 Å². The number of aromatic nitrogens is 2. The fraction of sp³-hybridized carbons (Fsp3) is 0.103. The normalized spacial score (nSPS) is 12.2. The molecule has 7 aromatic rings. The molecule has 0 aliphatic rings. The van der Waals surface area contributed by atoms with Crippen molar-refractivity contribution in [3.05, 3.63) is 84.6 Å². The van der Waals surface area contributed by atoms with Crippen molar-refractivity contribution >= 4 is 65.7 Å². The van der Waals surface area contributed by atoms with Crippen LogP contribution < -0.4 is 4.40 Å². The summed E-state index contributed by atoms with van der Waals surface area (Å²) in [7, 11) is 2.07. The molecule has 0 N–H and O–H groups in total. The van der Waals surface area contributed by atoms with E-state index in [1.54, 1.807) is 0 Å². The fourth-order valence-electron chi connectivity index (χ4n) is 5.65. The van der Waals surface area contributed by atoms with Gasteiger partial charge in [-0.15, -0.1) is 0 Å². The number of nitrogens with zero attached hydrogens (tertiary/aromatic N) is 2. The summed E-state index contributed by atoms with van der Waals surface area (Å²) in [5.74, 6) is -0.301. The van der Waals surface area contributed by atoms with E-state index in [0.29, 0.717) is 12.3 Å². The minimum Gasteiger partial charge on any atom is -0.460 e. The van der Waals surface area contributed by atoms with Crippen molar-refractivity contribution in [2.24, 2.45) is 7.05 Å². The third-order valence-electron chi connectivity index (χ3n) is 6.97. The van der Waals surface area contributed by atoms with Crippen LogP contribution in [0.15, 0.2) is 78.9 Å². The molecule has 4 nitrogen and oxygen atoms in total. The van der Waals surface area contributed by atoms with Gasteiger partial charge in [0.2, 0.25) is 5.69 Å². The molecule has 0 aliphatic carbocycles. The van der Waals surface area contributed by atoms with Crippen molar-refractivity contribution in [3.8, 4) is 0 Å². The molecule has 0 spiro atoms. The molecule has 2 heterocycles. The molecule has 158 valence electrons. The average Bonchev–Trinajstić information content (AvgIpc) is 3.17. The predicted octanol–water partition coefficient (Wildman–Crippen LogP) is 6.14. The van der Waals surface area contributed by atoms with Gasteiger partial charge in [0.25, 0.3) is 5.65 Å². The number of aryl methyl sites for hydroxylation is 1. The van der Waals surface area contributed by atoms with Gasteiger partial charge in [-0.2, -0.15) is 4.40 Å². The number of hydrogen-bond acceptors (Lipinski definition) is 2. The lowest BCUT2D eigenvalue weighted by Gasteiger charge is -2.13. The molecule has 2 aromatic heterocycles. The van der Waals surface area contributed by atoms with E-state index in [1.807, 2.05) is 6.92 Å². The summed E-state index contributed by atoms with van der Waals surface area (Å²) in [6.07, 6.45) is 0. The average molecular weight is 429 g/mol. The smallest absolute Gasteiger partial charge is 0.379 e. The molecule has 33 heavy (non-hydrogen) atoms. The maximum atomic E-state index is 13.6. The summed E-state index contributed by atoms with van der Waals surface area (Å²) in [5, 5.41) is 8.94. The Morgan fingerprint density at radius 1 is 0.818 bits per heavy atom. The summed E-state index contributed by atoms with van der Waals surface area (Å²) < 4.78 is 9.93. The molecule has 0 unspecified atom stereocenters. The molecule has 0 amide bonds. The van der Waals surface area contributed by atoms with E-state index in [2.05, 4.69) is 94.9 Å². The summed E-state index contributed by atoms with van der Waals surface area (Å²) in [6.45, 7) is 2.18. The second-order valence-electron chi connectivity index (χ2n) is 8.62. The zero-order valence-corrected chi connectivity index (χ0v) is 18.4. The van der Waals surface area contributed by atoms with Crippen LogP contribution in [-0.4, -0.2) is 17.1 Å². The van der Waals surface area contributed by atoms with Gasteiger partial charge < -0.3 is 4.74 Å². The first-order valence-electron chi connectivity index (χ1n) is 11.3. The van der Waals surface area contributed by atoms with Gasteiger partial charge in [-0.1, -0.05) is 60.7 Å². The highest BCUT2D eigenvalue weighted by Crippen LogP contribution is 2.40. The number of carbonyl (C=O) groups is 1. The number of benzene rings is 4. The largest absolute Gasteiger partial charge is 0.460 e. The van der Waals surface area contributed by atoms with Crippen LogP contribution in [0.5, 0.6) is 0 Å². The highest BCUT2D eigenvalue weighted by Gasteiger charge is 2.29. The van der Waals surface area contributed by atoms with Crippen molar-refractivity contribution < 1.29 is 13.9 Å². The van der Waals surface area contributed by atoms with Crippen LogP contribution in [0.3, 0.4) is 0 Å². The first-order chi connectivity index (χ1) is 16.2. The number of ether oxygens (including phenoxy) is 1. The van der Waals surface area contributed by atoms with E-state index in [4.69, 9.17) is 4.74 Å². The van der Waals surface area contributed by atoms with Gasteiger partial charge in [-0.3, -0.25) is 0 Å². The Morgan fingerprint density at radius 3 is 2.24 bits per heavy atom. The maximum absolute atomic E-state index is 13.6. The number of fused-ring (bicyclic) bond motifs is 5. The maximum Gasteiger partial charge on any atom is 0.379 e. The number of hydrogen-bond donors (Lipinski definition) is 0. The number of rotatable bonds is 2. The lowest BCUT2D eigenvalue weighted by Crippen LogP contribution is -2.35. The molecule has 0 radical (unpaired) electrons. The molecule has 5 aromatic carbocycles. The van der Waals surface area contributed by atoms with Crippen LogP contribution in [0.1, 0.15) is 17.4 Å². The Morgan fingerprint density at radius 2 is 1.48 bits per heavy atom. The van der Waals surface area contributed by atoms with Gasteiger partial charge in [0.05, 0.1) is 19.0 Å². The van der Waals surface area contributed by atoms with Crippen LogP contribution in [-0.2, 0) is 11.8 Å². The van der Waals surface area contributed by atoms with Crippen molar-refractivity contribution in [1.29, 1.82) is 0 Å². The second kappa shape index (κ2) is 6.42. The van der Waals surface area contributed by atoms with E-state index in [0.717, 1.165) is 49.0 Å². The van der Waals surface area contributed by atoms with Crippen molar-refractivity contribution in [2.45, 2.75) is 6.92 Å². The molecule has 0 saturated carbocycles. The zero-order chi connectivity index (χ0) is 22.3. The molecule has 0 aliphatic heterocycles. The standard InChI is InChI=1S/C29H21N2O2/c1-3-33-29(32)28-27-20-13-5-9-17-8-4-12-19(25(17)20)21(27)16-24-30(2)22-14-6-10-18-11-7-15-23(26(18)22)31(24)28/h4-16H,3H2,1-2H3/q+1. The monoisotopic (exact) mass is 429 g/mol. The van der Waals surface area contributed by atoms with Crippen molar-refractivity contribution in [1.82, 2.24) is 4.57 Å². The fourth-order valence-corrected chi connectivity index (χ4v) is 5.65. The molecule has 0 bridgehead atoms. The number of carbonyl (C=O) groups excluding carboxylic acids is 1. The van der Waals surface area contributed by atoms with E-state index in [9.17, 15) is 4.79 Å². The molecule has 0 saturated heterocycles. The van der Waals surface area contributed by atoms with Gasteiger partial charge >= 0.3 is 5.97 Å². The minimum absolute atomic E-state index is 0.301. The lowest BCUT2D eigenvalue weighted by molar-refractivity contribution is -0.487. The molecule has 0 atom stereocenters. The SMILES string of the molecule is CCOC(=O)c1c2c(cc3n(C)c4cccc5cccc(c54)[n+]13)c1cccc3cccc2c31. The molecule has 4 heteroatoms. The van der Waals surface area contributed by atoms with Crippen LogP contribution in [0.4, 0.5) is 0 Å². The Hall–Kier alpha value is -4.18. The quantitative estimate of drug-likeness (QED) is 0.143. The molecular weight excluding hydrogens is 408 g/mol. The lowest BCUT2D eigenvalue weighted by atomic mass is 10.1. The topological polar surface area (TPSA) is 35.3 Å². The Bertz CT molecular complexity index is 1900. The van der Waals surface area contributed by atoms with E-state index in [-0.39, 0.29) is 5.97 Å². The molecular formula is C29H21N2O2+. The highest BCUT2D eigenvalue weighted by molar-refractivity contribution is 6.32. The number of esters is 1. The molecule has 7 rings (SSSR count). The Labute approximate surface area is 189 Å². The van der Waals surface area contributed by atoms with E-state index >= 15 is 0 Å². The van der Waals surface area contributed by atoms with Crippen molar-refractivity contribution in [2.75, 3.05) is 6.61 Å². The van der Waals surface area contributed by atoms with Crippen LogP contribution in [0, 0.1) is 0 Å². The summed E-state index contributed by atoms with van der Waals surface area (Å²) >= 11 is 0. The summed E-state index contributed by atoms with van der Waals surface area (Å²) in [4.78, 5) is 13.6. The number of pyridine rings is 1. The van der Waals surface area contributed by atoms with Crippen LogP contribution in [0.25, 0.3) is 59.8 Å². The third kappa shape index (κ3) is 2.25. The zero-order valence-electron chi connectivity index (χ0n) is 18.4. The van der Waals surface area contributed by atoms with Crippen LogP contribution >= 0.6 is 0 Å².